The van der Waals surface area contributed by atoms with E-state index in [1.165, 1.54) is 89.3 Å². The van der Waals surface area contributed by atoms with Gasteiger partial charge in [0.2, 0.25) is 0 Å². The van der Waals surface area contributed by atoms with Gasteiger partial charge in [0, 0.05) is 39.3 Å². The third kappa shape index (κ3) is 8.30. The average molecular weight is 1080 g/mol. The Labute approximate surface area is 492 Å². The maximum absolute atomic E-state index is 5.26. The molecule has 2 aliphatic carbocycles. The zero-order chi connectivity index (χ0) is 57.7. The lowest BCUT2D eigenvalue weighted by atomic mass is 9.62. The van der Waals surface area contributed by atoms with Crippen molar-refractivity contribution in [3.05, 3.63) is 321 Å². The predicted octanol–water partition coefficient (Wildman–Crippen LogP) is 21.6. The first kappa shape index (κ1) is 53.1. The standard InChI is InChI=1S/C80H73N3/c1-13-59(81(76-53(4)45-51(2)46-54(76)5)62-41-43-66-64-27-17-19-29-68(64)78(9,10)72(66)49-62)38-35-57(8)80(70-31-21-23-33-74(70)83(60-25-15-14-16-26-60)75-34-24-22-32-71(75)80)58-36-39-61(40-37-58)82(77-55(6)47-52(3)48-56(77)7)63-42-44-67-65-28-18-20-30-69(65)79(11,12)73(67)50-63/h13-50H,8H2,1-7,9-12H3/b38-35-,59-13+. The molecule has 0 amide bonds. The van der Waals surface area contributed by atoms with Gasteiger partial charge in [0.25, 0.3) is 0 Å². The second kappa shape index (κ2) is 20.1. The van der Waals surface area contributed by atoms with Crippen LogP contribution in [0.5, 0.6) is 0 Å². The van der Waals surface area contributed by atoms with Crippen LogP contribution >= 0.6 is 0 Å². The predicted molar refractivity (Wildman–Crippen MR) is 353 cm³/mol. The number of nitrogens with zero attached hydrogens (tertiary/aromatic N) is 3. The van der Waals surface area contributed by atoms with E-state index in [1.54, 1.807) is 0 Å². The molecule has 0 N–H and O–H groups in total. The Balaban J connectivity index is 0.997. The summed E-state index contributed by atoms with van der Waals surface area (Å²) in [7, 11) is 0. The fourth-order valence-corrected chi connectivity index (χ4v) is 14.9. The number of aryl methyl sites for hydroxylation is 6. The monoisotopic (exact) mass is 1080 g/mol. The van der Waals surface area contributed by atoms with E-state index in [2.05, 4.69) is 321 Å². The van der Waals surface area contributed by atoms with E-state index in [0.717, 1.165) is 62.1 Å². The van der Waals surface area contributed by atoms with Crippen molar-refractivity contribution in [1.82, 2.24) is 0 Å². The van der Waals surface area contributed by atoms with Gasteiger partial charge in [-0.25, -0.2) is 0 Å². The van der Waals surface area contributed by atoms with Gasteiger partial charge in [-0.2, -0.15) is 0 Å². The van der Waals surface area contributed by atoms with E-state index in [1.807, 2.05) is 0 Å². The van der Waals surface area contributed by atoms with Crippen LogP contribution in [0.1, 0.15) is 107 Å². The smallest absolute Gasteiger partial charge is 0.0736 e. The summed E-state index contributed by atoms with van der Waals surface area (Å²) in [6, 6.07) is 79.6. The lowest BCUT2D eigenvalue weighted by molar-refractivity contribution is 0.660. The van der Waals surface area contributed by atoms with Crippen LogP contribution in [-0.4, -0.2) is 0 Å². The molecule has 0 saturated carbocycles. The molecule has 10 aromatic rings. The number of para-hydroxylation sites is 3. The molecule has 0 aromatic heterocycles. The Morgan fingerprint density at radius 2 is 0.831 bits per heavy atom. The van der Waals surface area contributed by atoms with Gasteiger partial charge in [-0.1, -0.05) is 209 Å². The van der Waals surface area contributed by atoms with E-state index in [4.69, 9.17) is 6.58 Å². The van der Waals surface area contributed by atoms with Gasteiger partial charge in [-0.15, -0.1) is 0 Å². The summed E-state index contributed by atoms with van der Waals surface area (Å²) in [4.78, 5) is 7.41. The van der Waals surface area contributed by atoms with Gasteiger partial charge in [0.1, 0.15) is 0 Å². The van der Waals surface area contributed by atoms with E-state index >= 15 is 0 Å². The van der Waals surface area contributed by atoms with E-state index in [-0.39, 0.29) is 10.8 Å². The highest BCUT2D eigenvalue weighted by Gasteiger charge is 2.47. The van der Waals surface area contributed by atoms with Gasteiger partial charge < -0.3 is 14.7 Å². The summed E-state index contributed by atoms with van der Waals surface area (Å²) in [6.45, 7) is 30.3. The van der Waals surface area contributed by atoms with E-state index < -0.39 is 5.41 Å². The summed E-state index contributed by atoms with van der Waals surface area (Å²) < 4.78 is 0. The van der Waals surface area contributed by atoms with E-state index in [0.29, 0.717) is 0 Å². The number of hydrogen-bond acceptors (Lipinski definition) is 3. The highest BCUT2D eigenvalue weighted by Crippen LogP contribution is 2.59. The molecule has 0 fully saturated rings. The SMILES string of the molecule is C=C(/C=C\C(=C/C)N(c1ccc2c(c1)C(C)(C)c1ccccc1-2)c1c(C)cc(C)cc1C)C1(c2ccc(N(c3ccc4c(c3)C(C)(C)c3ccccc3-4)c3c(C)cc(C)cc3C)cc2)c2ccccc2N(c2ccccc2)c2ccccc21. The molecule has 0 spiro atoms. The van der Waals surface area contributed by atoms with Crippen LogP contribution in [0, 0.1) is 41.5 Å². The molecule has 10 aromatic carbocycles. The molecule has 1 heterocycles. The molecule has 0 radical (unpaired) electrons. The van der Waals surface area contributed by atoms with E-state index in [9.17, 15) is 0 Å². The number of allylic oxidation sites excluding steroid dienone is 4. The zero-order valence-electron chi connectivity index (χ0n) is 50.0. The van der Waals surface area contributed by atoms with Crippen LogP contribution in [0.4, 0.5) is 45.5 Å². The van der Waals surface area contributed by atoms with Gasteiger partial charge >= 0.3 is 0 Å². The molecule has 0 atom stereocenters. The molecule has 408 valence electrons. The fraction of sp³-hybridized carbons (Fsp3) is 0.175. The third-order valence-electron chi connectivity index (χ3n) is 18.5. The molecule has 1 aliphatic heterocycles. The molecule has 0 bridgehead atoms. The van der Waals surface area contributed by atoms with Crippen molar-refractivity contribution >= 4 is 45.5 Å². The summed E-state index contributed by atoms with van der Waals surface area (Å²) >= 11 is 0. The van der Waals surface area contributed by atoms with Crippen LogP contribution in [0.25, 0.3) is 22.3 Å². The van der Waals surface area contributed by atoms with Gasteiger partial charge in [0.15, 0.2) is 0 Å². The summed E-state index contributed by atoms with van der Waals surface area (Å²) in [5, 5.41) is 0. The first-order valence-electron chi connectivity index (χ1n) is 29.5. The molecular formula is C80H73N3. The minimum Gasteiger partial charge on any atom is -0.310 e. The van der Waals surface area contributed by atoms with Crippen LogP contribution in [0.2, 0.25) is 0 Å². The Morgan fingerprint density at radius 3 is 1.35 bits per heavy atom. The number of anilines is 8. The number of benzene rings is 10. The molecule has 83 heavy (non-hydrogen) atoms. The quantitative estimate of drug-likeness (QED) is 0.120. The second-order valence-corrected chi connectivity index (χ2v) is 24.5. The second-order valence-electron chi connectivity index (χ2n) is 24.5. The summed E-state index contributed by atoms with van der Waals surface area (Å²) in [5.74, 6) is 0. The topological polar surface area (TPSA) is 9.72 Å². The molecule has 0 unspecified atom stereocenters. The fourth-order valence-electron chi connectivity index (χ4n) is 14.9. The molecule has 3 aliphatic rings. The minimum absolute atomic E-state index is 0.156. The Hall–Kier alpha value is -9.18. The maximum Gasteiger partial charge on any atom is 0.0736 e. The number of hydrogen-bond donors (Lipinski definition) is 0. The highest BCUT2D eigenvalue weighted by molar-refractivity contribution is 5.92. The maximum atomic E-state index is 5.26. The van der Waals surface area contributed by atoms with Crippen molar-refractivity contribution < 1.29 is 0 Å². The average Bonchev–Trinajstić information content (AvgIpc) is 1.74. The Morgan fingerprint density at radius 1 is 0.410 bits per heavy atom. The minimum atomic E-state index is -0.833. The summed E-state index contributed by atoms with van der Waals surface area (Å²) in [6.07, 6.45) is 6.89. The lowest BCUT2D eigenvalue weighted by Gasteiger charge is -2.46. The van der Waals surface area contributed by atoms with Crippen molar-refractivity contribution in [1.29, 1.82) is 0 Å². The first-order chi connectivity index (χ1) is 40.0. The molecule has 3 heteroatoms. The first-order valence-corrected chi connectivity index (χ1v) is 29.5. The normalized spacial score (nSPS) is 14.8. The van der Waals surface area contributed by atoms with Crippen molar-refractivity contribution in [3.8, 4) is 22.3 Å². The third-order valence-corrected chi connectivity index (χ3v) is 18.5. The molecule has 13 rings (SSSR count). The van der Waals surface area contributed by atoms with Crippen molar-refractivity contribution in [2.75, 3.05) is 14.7 Å². The van der Waals surface area contributed by atoms with Crippen LogP contribution in [0.3, 0.4) is 0 Å². The van der Waals surface area contributed by atoms with Crippen LogP contribution in [0.15, 0.2) is 248 Å². The van der Waals surface area contributed by atoms with Crippen molar-refractivity contribution in [2.45, 2.75) is 92.4 Å². The number of rotatable bonds is 11. The van der Waals surface area contributed by atoms with Crippen molar-refractivity contribution in [2.24, 2.45) is 0 Å². The summed E-state index contributed by atoms with van der Waals surface area (Å²) in [5.41, 5.74) is 31.5. The number of fused-ring (bicyclic) bond motifs is 8. The highest BCUT2D eigenvalue weighted by atomic mass is 15.2. The molecule has 3 nitrogen and oxygen atoms in total. The van der Waals surface area contributed by atoms with Crippen molar-refractivity contribution in [3.63, 3.8) is 0 Å². The van der Waals surface area contributed by atoms with Gasteiger partial charge in [0.05, 0.1) is 28.2 Å². The van der Waals surface area contributed by atoms with Crippen LogP contribution in [-0.2, 0) is 16.2 Å². The molecule has 0 saturated heterocycles. The zero-order valence-corrected chi connectivity index (χ0v) is 50.0. The Kier molecular flexibility index (Phi) is 12.8. The largest absolute Gasteiger partial charge is 0.310 e. The lowest BCUT2D eigenvalue weighted by Crippen LogP contribution is -2.37. The van der Waals surface area contributed by atoms with Gasteiger partial charge in [-0.3, -0.25) is 0 Å². The molecular weight excluding hydrogens is 1000 g/mol. The Bertz CT molecular complexity index is 4220. The van der Waals surface area contributed by atoms with Gasteiger partial charge in [-0.05, 0) is 204 Å². The van der Waals surface area contributed by atoms with Crippen LogP contribution < -0.4 is 14.7 Å².